The van der Waals surface area contributed by atoms with Gasteiger partial charge in [-0.2, -0.15) is 11.8 Å². The summed E-state index contributed by atoms with van der Waals surface area (Å²) in [4.78, 5) is 12.2. The van der Waals surface area contributed by atoms with Gasteiger partial charge in [-0.1, -0.05) is 29.8 Å². The fourth-order valence-corrected chi connectivity index (χ4v) is 3.51. The van der Waals surface area contributed by atoms with E-state index in [1.165, 1.54) is 17.8 Å². The molecule has 2 aromatic rings. The molecule has 3 nitrogen and oxygen atoms in total. The van der Waals surface area contributed by atoms with Crippen LogP contribution in [0.3, 0.4) is 0 Å². The van der Waals surface area contributed by atoms with Crippen LogP contribution in [0.1, 0.15) is 23.6 Å². The number of halogens is 2. The van der Waals surface area contributed by atoms with Gasteiger partial charge in [0.2, 0.25) is 0 Å². The van der Waals surface area contributed by atoms with Crippen LogP contribution < -0.4 is 10.1 Å². The van der Waals surface area contributed by atoms with Gasteiger partial charge in [-0.25, -0.2) is 4.39 Å². The van der Waals surface area contributed by atoms with Crippen molar-refractivity contribution < 1.29 is 13.9 Å². The Bertz CT molecular complexity index is 749. The summed E-state index contributed by atoms with van der Waals surface area (Å²) < 4.78 is 19.4. The smallest absolute Gasteiger partial charge is 0.260 e. The highest BCUT2D eigenvalue weighted by Gasteiger charge is 2.15. The fourth-order valence-electron chi connectivity index (χ4n) is 2.31. The third kappa shape index (κ3) is 5.92. The first-order chi connectivity index (χ1) is 12.4. The zero-order valence-corrected chi connectivity index (χ0v) is 16.7. The molecular formula is C20H23ClFNO2S. The van der Waals surface area contributed by atoms with Crippen molar-refractivity contribution >= 4 is 29.3 Å². The summed E-state index contributed by atoms with van der Waals surface area (Å²) >= 11 is 7.51. The minimum atomic E-state index is -0.582. The largest absolute Gasteiger partial charge is 0.481 e. The van der Waals surface area contributed by atoms with Gasteiger partial charge < -0.3 is 10.1 Å². The van der Waals surface area contributed by atoms with Crippen LogP contribution in [0.4, 0.5) is 4.39 Å². The molecule has 0 aliphatic rings. The average molecular weight is 396 g/mol. The Morgan fingerprint density at radius 3 is 2.81 bits per heavy atom. The van der Waals surface area contributed by atoms with Crippen LogP contribution in [0.15, 0.2) is 36.4 Å². The van der Waals surface area contributed by atoms with Crippen molar-refractivity contribution in [2.45, 2.75) is 32.6 Å². The predicted octanol–water partition coefficient (Wildman–Crippen LogP) is 4.91. The molecule has 2 aromatic carbocycles. The van der Waals surface area contributed by atoms with E-state index in [0.29, 0.717) is 28.6 Å². The summed E-state index contributed by atoms with van der Waals surface area (Å²) in [6.07, 6.45) is -0.582. The van der Waals surface area contributed by atoms with E-state index in [0.717, 1.165) is 16.9 Å². The number of amides is 1. The first-order valence-electron chi connectivity index (χ1n) is 8.40. The first-order valence-corrected chi connectivity index (χ1v) is 9.94. The summed E-state index contributed by atoms with van der Waals surface area (Å²) in [6, 6.07) is 10.6. The second kappa shape index (κ2) is 9.83. The van der Waals surface area contributed by atoms with Crippen LogP contribution in [0.2, 0.25) is 5.02 Å². The second-order valence-corrected chi connectivity index (χ2v) is 7.59. The van der Waals surface area contributed by atoms with Crippen LogP contribution in [-0.2, 0) is 10.5 Å². The number of hydrogen-bond acceptors (Lipinski definition) is 3. The number of hydrogen-bond donors (Lipinski definition) is 1. The van der Waals surface area contributed by atoms with Gasteiger partial charge in [0.1, 0.15) is 11.6 Å². The lowest BCUT2D eigenvalue weighted by atomic mass is 10.1. The molecule has 0 unspecified atom stereocenters. The second-order valence-electron chi connectivity index (χ2n) is 6.07. The minimum Gasteiger partial charge on any atom is -0.481 e. The quantitative estimate of drug-likeness (QED) is 0.645. The Hall–Kier alpha value is -1.72. The van der Waals surface area contributed by atoms with E-state index in [1.807, 2.05) is 32.0 Å². The highest BCUT2D eigenvalue weighted by Crippen LogP contribution is 2.23. The summed E-state index contributed by atoms with van der Waals surface area (Å²) in [5.74, 6) is 1.37. The number of benzene rings is 2. The number of rotatable bonds is 8. The predicted molar refractivity (Wildman–Crippen MR) is 107 cm³/mol. The summed E-state index contributed by atoms with van der Waals surface area (Å²) in [5, 5.41) is 3.27. The maximum absolute atomic E-state index is 13.7. The van der Waals surface area contributed by atoms with Crippen molar-refractivity contribution in [3.63, 3.8) is 0 Å². The molecule has 0 fully saturated rings. The summed E-state index contributed by atoms with van der Waals surface area (Å²) in [5.41, 5.74) is 2.58. The molecule has 1 atom stereocenters. The van der Waals surface area contributed by atoms with Crippen LogP contribution in [0, 0.1) is 19.7 Å². The normalized spacial score (nSPS) is 11.9. The molecule has 0 heterocycles. The van der Waals surface area contributed by atoms with Crippen molar-refractivity contribution in [2.24, 2.45) is 0 Å². The zero-order valence-electron chi connectivity index (χ0n) is 15.1. The number of ether oxygens (including phenoxy) is 1. The topological polar surface area (TPSA) is 38.3 Å². The molecule has 1 N–H and O–H groups in total. The Balaban J connectivity index is 1.73. The summed E-state index contributed by atoms with van der Waals surface area (Å²) in [7, 11) is 0. The molecule has 0 aromatic heterocycles. The minimum absolute atomic E-state index is 0.171. The zero-order chi connectivity index (χ0) is 19.1. The molecule has 26 heavy (non-hydrogen) atoms. The first kappa shape index (κ1) is 20.6. The van der Waals surface area contributed by atoms with Gasteiger partial charge in [0, 0.05) is 28.6 Å². The molecule has 6 heteroatoms. The van der Waals surface area contributed by atoms with Gasteiger partial charge in [-0.05, 0) is 50.1 Å². The third-order valence-corrected chi connectivity index (χ3v) is 5.21. The van der Waals surface area contributed by atoms with Crippen molar-refractivity contribution in [1.29, 1.82) is 0 Å². The van der Waals surface area contributed by atoms with E-state index in [-0.39, 0.29) is 11.7 Å². The highest BCUT2D eigenvalue weighted by atomic mass is 35.5. The fraction of sp³-hybridized carbons (Fsp3) is 0.350. The monoisotopic (exact) mass is 395 g/mol. The molecule has 0 aliphatic carbocycles. The lowest BCUT2D eigenvalue weighted by Gasteiger charge is -2.16. The Labute approximate surface area is 163 Å². The Kier molecular flexibility index (Phi) is 7.79. The van der Waals surface area contributed by atoms with Crippen molar-refractivity contribution in [1.82, 2.24) is 5.32 Å². The van der Waals surface area contributed by atoms with Crippen molar-refractivity contribution in [2.75, 3.05) is 12.3 Å². The van der Waals surface area contributed by atoms with Crippen molar-refractivity contribution in [3.05, 3.63) is 63.9 Å². The van der Waals surface area contributed by atoms with Crippen molar-refractivity contribution in [3.8, 4) is 5.75 Å². The Morgan fingerprint density at radius 2 is 2.08 bits per heavy atom. The molecule has 0 radical (unpaired) electrons. The molecule has 2 rings (SSSR count). The Morgan fingerprint density at radius 1 is 1.31 bits per heavy atom. The highest BCUT2D eigenvalue weighted by molar-refractivity contribution is 7.98. The summed E-state index contributed by atoms with van der Waals surface area (Å²) in [6.45, 7) is 6.14. The van der Waals surface area contributed by atoms with E-state index < -0.39 is 6.10 Å². The lowest BCUT2D eigenvalue weighted by Crippen LogP contribution is -2.37. The third-order valence-electron chi connectivity index (χ3n) is 3.87. The molecule has 0 saturated heterocycles. The van der Waals surface area contributed by atoms with Gasteiger partial charge in [-0.15, -0.1) is 0 Å². The number of aryl methyl sites for hydroxylation is 2. The molecule has 0 saturated carbocycles. The molecule has 1 amide bonds. The molecule has 0 bridgehead atoms. The van der Waals surface area contributed by atoms with Crippen LogP contribution in [-0.4, -0.2) is 24.3 Å². The van der Waals surface area contributed by atoms with Gasteiger partial charge in [0.05, 0.1) is 0 Å². The van der Waals surface area contributed by atoms with Gasteiger partial charge in [-0.3, -0.25) is 4.79 Å². The van der Waals surface area contributed by atoms with Gasteiger partial charge in [0.15, 0.2) is 6.10 Å². The van der Waals surface area contributed by atoms with E-state index >= 15 is 0 Å². The van der Waals surface area contributed by atoms with Gasteiger partial charge in [0.25, 0.3) is 5.91 Å². The van der Waals surface area contributed by atoms with Crippen LogP contribution in [0.5, 0.6) is 5.75 Å². The SMILES string of the molecule is Cc1ccc(C)c(O[C@@H](C)C(=O)NCCSCc2c(F)cccc2Cl)c1. The standard InChI is InChI=1S/C20H23ClFNO2S/c1-13-7-8-14(2)19(11-13)25-15(3)20(24)23-9-10-26-12-16-17(21)5-4-6-18(16)22/h4-8,11,15H,9-10,12H2,1-3H3,(H,23,24)/t15-/m0/s1. The van der Waals surface area contributed by atoms with Gasteiger partial charge >= 0.3 is 0 Å². The molecule has 140 valence electrons. The lowest BCUT2D eigenvalue weighted by molar-refractivity contribution is -0.127. The van der Waals surface area contributed by atoms with Crippen LogP contribution >= 0.6 is 23.4 Å². The number of nitrogens with one attached hydrogen (secondary N) is 1. The molecule has 0 aliphatic heterocycles. The average Bonchev–Trinajstić information content (AvgIpc) is 2.59. The molecule has 0 spiro atoms. The van der Waals surface area contributed by atoms with E-state index in [2.05, 4.69) is 5.32 Å². The number of carbonyl (C=O) groups is 1. The van der Waals surface area contributed by atoms with E-state index in [1.54, 1.807) is 19.1 Å². The van der Waals surface area contributed by atoms with Crippen LogP contribution in [0.25, 0.3) is 0 Å². The molecular weight excluding hydrogens is 373 g/mol. The number of thioether (sulfide) groups is 1. The maximum Gasteiger partial charge on any atom is 0.260 e. The maximum atomic E-state index is 13.7. The van der Waals surface area contributed by atoms with E-state index in [4.69, 9.17) is 16.3 Å². The van der Waals surface area contributed by atoms with E-state index in [9.17, 15) is 9.18 Å². The number of carbonyl (C=O) groups excluding carboxylic acids is 1.